The molecule has 2 aromatic carbocycles. The Hall–Kier alpha value is -3.29. The van der Waals surface area contributed by atoms with Crippen molar-refractivity contribution in [3.8, 4) is 0 Å². The number of benzene rings is 2. The van der Waals surface area contributed by atoms with Gasteiger partial charge >= 0.3 is 0 Å². The first-order valence-corrected chi connectivity index (χ1v) is 13.3. The van der Waals surface area contributed by atoms with Crippen molar-refractivity contribution in [1.82, 2.24) is 9.97 Å². The van der Waals surface area contributed by atoms with Gasteiger partial charge in [0.1, 0.15) is 0 Å². The van der Waals surface area contributed by atoms with Crippen LogP contribution in [0.1, 0.15) is 13.8 Å². The molecule has 0 amide bonds. The van der Waals surface area contributed by atoms with Gasteiger partial charge in [-0.15, -0.1) is 13.9 Å². The first-order valence-electron chi connectivity index (χ1n) is 10.7. The number of amidine groups is 1. The van der Waals surface area contributed by atoms with Crippen LogP contribution >= 0.6 is 11.9 Å². The number of carboxylic acids is 1. The van der Waals surface area contributed by atoms with Crippen LogP contribution in [0.2, 0.25) is 0 Å². The minimum absolute atomic E-state index is 0. The quantitative estimate of drug-likeness (QED) is 0.137. The summed E-state index contributed by atoms with van der Waals surface area (Å²) in [5.41, 5.74) is 2.33. The Labute approximate surface area is 255 Å². The minimum Gasteiger partial charge on any atom is -0.770 e. The van der Waals surface area contributed by atoms with Crippen LogP contribution in [0.25, 0.3) is 0 Å². The molecular formula is C23H21N8O4PbS3-. The molecule has 200 valence electrons. The number of sulfonamides is 1. The summed E-state index contributed by atoms with van der Waals surface area (Å²) < 4.78 is 31.6. The molecule has 39 heavy (non-hydrogen) atoms. The van der Waals surface area contributed by atoms with E-state index in [-0.39, 0.29) is 44.0 Å². The van der Waals surface area contributed by atoms with Crippen molar-refractivity contribution in [2.24, 2.45) is 14.7 Å². The second-order valence-corrected chi connectivity index (χ2v) is 10.4. The fourth-order valence-electron chi connectivity index (χ4n) is 2.90. The second-order valence-electron chi connectivity index (χ2n) is 7.31. The predicted octanol–water partition coefficient (Wildman–Crippen LogP) is 4.35. The molecule has 12 nitrogen and oxygen atoms in total. The number of nitrogens with one attached hydrogen (secondary N) is 2. The Morgan fingerprint density at radius 2 is 1.67 bits per heavy atom. The molecule has 0 saturated heterocycles. The number of rotatable bonds is 7. The average Bonchev–Trinajstić information content (AvgIpc) is 3.18. The Balaban J connectivity index is 0.000000998. The van der Waals surface area contributed by atoms with Crippen LogP contribution in [0, 0.1) is 5.41 Å². The topological polar surface area (TPSA) is 173 Å². The molecule has 0 aliphatic carbocycles. The number of para-hydroxylation sites is 1. The van der Waals surface area contributed by atoms with E-state index >= 15 is 0 Å². The molecule has 0 bridgehead atoms. The van der Waals surface area contributed by atoms with Gasteiger partial charge in [0.2, 0.25) is 5.95 Å². The number of hydrogen-bond acceptors (Lipinski definition) is 11. The molecule has 4 radical (unpaired) electrons. The van der Waals surface area contributed by atoms with Crippen LogP contribution in [0.4, 0.5) is 17.3 Å². The van der Waals surface area contributed by atoms with Crippen molar-refractivity contribution in [3.63, 3.8) is 0 Å². The van der Waals surface area contributed by atoms with E-state index in [0.29, 0.717) is 21.2 Å². The summed E-state index contributed by atoms with van der Waals surface area (Å²) in [6.45, 7) is 2.87. The van der Waals surface area contributed by atoms with Crippen molar-refractivity contribution in [3.05, 3.63) is 82.9 Å². The third-order valence-electron chi connectivity index (χ3n) is 4.48. The number of anilines is 2. The van der Waals surface area contributed by atoms with E-state index in [1.807, 2.05) is 30.3 Å². The Bertz CT molecular complexity index is 1500. The molecule has 0 fully saturated rings. The van der Waals surface area contributed by atoms with Crippen molar-refractivity contribution in [2.75, 3.05) is 9.73 Å². The van der Waals surface area contributed by atoms with Gasteiger partial charge < -0.3 is 17.7 Å². The third kappa shape index (κ3) is 9.15. The SMILES string of the molecule is CC(=O)O.CC1=NN(c2ccccc2)C(=N)/C1=C(/[S-])SN=Nc1ccc(S(=O)(=O)Nc2ncccn2)cc1.[Pb]. The number of hydrazone groups is 1. The van der Waals surface area contributed by atoms with E-state index in [1.165, 1.54) is 41.7 Å². The van der Waals surface area contributed by atoms with Crippen LogP contribution < -0.4 is 9.73 Å². The molecule has 1 aromatic heterocycles. The number of hydrogen-bond donors (Lipinski definition) is 3. The number of aromatic nitrogens is 2. The third-order valence-corrected chi connectivity index (χ3v) is 6.79. The molecule has 0 spiro atoms. The van der Waals surface area contributed by atoms with Gasteiger partial charge in [-0.25, -0.2) is 28.1 Å². The van der Waals surface area contributed by atoms with Gasteiger partial charge in [-0.2, -0.15) is 5.10 Å². The average molecular weight is 777 g/mol. The molecule has 0 atom stereocenters. The molecule has 1 aliphatic heterocycles. The van der Waals surface area contributed by atoms with E-state index in [1.54, 1.807) is 13.0 Å². The summed E-state index contributed by atoms with van der Waals surface area (Å²) in [5, 5.41) is 25.9. The Kier molecular flexibility index (Phi) is 12.1. The van der Waals surface area contributed by atoms with Gasteiger partial charge in [-0.3, -0.25) is 10.2 Å². The van der Waals surface area contributed by atoms with Gasteiger partial charge in [0.15, 0.2) is 5.84 Å². The van der Waals surface area contributed by atoms with Gasteiger partial charge in [0.25, 0.3) is 16.0 Å². The zero-order valence-electron chi connectivity index (χ0n) is 20.5. The van der Waals surface area contributed by atoms with Crippen LogP contribution in [0.15, 0.2) is 102 Å². The van der Waals surface area contributed by atoms with Gasteiger partial charge in [-0.1, -0.05) is 18.2 Å². The molecular weight excluding hydrogens is 756 g/mol. The number of nitrogens with zero attached hydrogens (tertiary/aromatic N) is 6. The fourth-order valence-corrected chi connectivity index (χ4v) is 4.75. The zero-order valence-corrected chi connectivity index (χ0v) is 26.8. The predicted molar refractivity (Wildman–Crippen MR) is 155 cm³/mol. The van der Waals surface area contributed by atoms with Gasteiger partial charge in [-0.05, 0) is 49.4 Å². The van der Waals surface area contributed by atoms with Crippen LogP contribution in [-0.2, 0) is 27.4 Å². The monoisotopic (exact) mass is 777 g/mol. The summed E-state index contributed by atoms with van der Waals surface area (Å²) in [5.74, 6) is -0.684. The van der Waals surface area contributed by atoms with E-state index in [9.17, 15) is 8.42 Å². The Morgan fingerprint density at radius 1 is 1.08 bits per heavy atom. The normalized spacial score (nSPS) is 14.2. The number of aliphatic carboxylic acids is 1. The Morgan fingerprint density at radius 3 is 2.26 bits per heavy atom. The molecule has 3 N–H and O–H groups in total. The van der Waals surface area contributed by atoms with E-state index in [2.05, 4.69) is 29.4 Å². The molecule has 16 heteroatoms. The molecule has 0 saturated carbocycles. The summed E-state index contributed by atoms with van der Waals surface area (Å²) in [6.07, 6.45) is 2.88. The van der Waals surface area contributed by atoms with Crippen LogP contribution in [0.3, 0.4) is 0 Å². The maximum Gasteiger partial charge on any atom is 0.300 e. The molecule has 3 aromatic rings. The summed E-state index contributed by atoms with van der Waals surface area (Å²) >= 11 is 6.38. The molecule has 4 rings (SSSR count). The van der Waals surface area contributed by atoms with Crippen LogP contribution in [0.5, 0.6) is 0 Å². The number of carbonyl (C=O) groups is 1. The van der Waals surface area contributed by atoms with E-state index in [4.69, 9.17) is 27.9 Å². The van der Waals surface area contributed by atoms with Crippen LogP contribution in [-0.4, -0.2) is 68.3 Å². The summed E-state index contributed by atoms with van der Waals surface area (Å²) in [7, 11) is -3.83. The molecule has 0 unspecified atom stereocenters. The standard InChI is InChI=1S/C21H18N8O2S3.C2H4O2.Pb/c1-14-18(19(22)29(26-14)16-6-3-2-4-7-16)20(32)33-28-25-15-8-10-17(11-9-15)34(30,31)27-21-23-12-5-13-24-21;1-2(3)4;/h2-13,22,32H,1H3,(H,23,24,27);1H3,(H,3,4);/p-1/b20-18-,22-19?,28-25?;;. The van der Waals surface area contributed by atoms with Gasteiger partial charge in [0, 0.05) is 64.1 Å². The number of carboxylic acid groups (broad SMARTS) is 1. The second kappa shape index (κ2) is 14.8. The maximum atomic E-state index is 12.4. The first-order chi connectivity index (χ1) is 18.1. The molecule has 2 heterocycles. The van der Waals surface area contributed by atoms with Crippen molar-refractivity contribution >= 4 is 96.7 Å². The van der Waals surface area contributed by atoms with E-state index < -0.39 is 16.0 Å². The minimum atomic E-state index is -3.83. The zero-order chi connectivity index (χ0) is 27.7. The summed E-state index contributed by atoms with van der Waals surface area (Å²) in [4.78, 5) is 16.7. The van der Waals surface area contributed by atoms with E-state index in [0.717, 1.165) is 24.6 Å². The molecule has 1 aliphatic rings. The van der Waals surface area contributed by atoms with Crippen molar-refractivity contribution in [1.29, 1.82) is 5.41 Å². The van der Waals surface area contributed by atoms with Crippen molar-refractivity contribution in [2.45, 2.75) is 18.7 Å². The fraction of sp³-hybridized carbons (Fsp3) is 0.0870. The largest absolute Gasteiger partial charge is 0.770 e. The first kappa shape index (κ1) is 31.9. The summed E-state index contributed by atoms with van der Waals surface area (Å²) in [6, 6.07) is 16.8. The maximum absolute atomic E-state index is 12.4. The van der Waals surface area contributed by atoms with Gasteiger partial charge in [0.05, 0.1) is 22.0 Å². The smallest absolute Gasteiger partial charge is 0.300 e. The van der Waals surface area contributed by atoms with Crippen molar-refractivity contribution < 1.29 is 18.3 Å².